The van der Waals surface area contributed by atoms with Gasteiger partial charge in [0.25, 0.3) is 0 Å². The maximum atomic E-state index is 13.5. The van der Waals surface area contributed by atoms with Crippen LogP contribution in [0.15, 0.2) is 53.7 Å². The van der Waals surface area contributed by atoms with Gasteiger partial charge in [0.05, 0.1) is 5.56 Å². The predicted octanol–water partition coefficient (Wildman–Crippen LogP) is 7.08. The molecule has 6 heteroatoms. The highest BCUT2D eigenvalue weighted by Crippen LogP contribution is 2.57. The van der Waals surface area contributed by atoms with Crippen molar-refractivity contribution in [2.24, 2.45) is 17.8 Å². The SMILES string of the molecule is O=C([C@H]1[C@@H]2CCCC(=C3CCC(c4ccccc4)CC3)C[C@@H]21)N1CCc2ncc(C(F)(F)F)cc2C1. The van der Waals surface area contributed by atoms with Crippen LogP contribution in [-0.4, -0.2) is 22.3 Å². The fourth-order valence-electron chi connectivity index (χ4n) is 7.10. The Morgan fingerprint density at radius 3 is 2.47 bits per heavy atom. The van der Waals surface area contributed by atoms with Gasteiger partial charge in [0.15, 0.2) is 0 Å². The number of carbonyl (C=O) groups excluding carboxylic acids is 1. The summed E-state index contributed by atoms with van der Waals surface area (Å²) in [6.45, 7) is 0.796. The standard InChI is InChI=1S/C30H33F3N2O/c31-30(32,33)24-15-23-18-35(14-13-27(23)34-17-24)29(36)28-25-8-4-7-22(16-26(25)28)21-11-9-20(10-12-21)19-5-2-1-3-6-19/h1-3,5-6,15,17,20,25-26,28H,4,7-14,16,18H2/t20?,25-,26+,28+/m1/s1. The highest BCUT2D eigenvalue weighted by atomic mass is 19.4. The summed E-state index contributed by atoms with van der Waals surface area (Å²) in [5, 5.41) is 0. The van der Waals surface area contributed by atoms with Crippen molar-refractivity contribution in [3.63, 3.8) is 0 Å². The molecule has 2 heterocycles. The van der Waals surface area contributed by atoms with Crippen LogP contribution in [0.2, 0.25) is 0 Å². The van der Waals surface area contributed by atoms with Gasteiger partial charge in [-0.05, 0) is 86.3 Å². The number of nitrogens with zero attached hydrogens (tertiary/aromatic N) is 2. The molecule has 1 aromatic heterocycles. The number of alkyl halides is 3. The van der Waals surface area contributed by atoms with Crippen LogP contribution < -0.4 is 0 Å². The Hall–Kier alpha value is -2.63. The average molecular weight is 495 g/mol. The molecule has 2 aromatic rings. The van der Waals surface area contributed by atoms with Gasteiger partial charge in [0.2, 0.25) is 5.91 Å². The molecule has 6 rings (SSSR count). The topological polar surface area (TPSA) is 33.2 Å². The largest absolute Gasteiger partial charge is 0.417 e. The first kappa shape index (κ1) is 23.7. The molecule has 0 N–H and O–H groups in total. The van der Waals surface area contributed by atoms with E-state index in [-0.39, 0.29) is 18.4 Å². The van der Waals surface area contributed by atoms with Crippen molar-refractivity contribution in [2.75, 3.05) is 6.54 Å². The lowest BCUT2D eigenvalue weighted by atomic mass is 9.79. The van der Waals surface area contributed by atoms with Crippen LogP contribution in [-0.2, 0) is 23.9 Å². The zero-order valence-corrected chi connectivity index (χ0v) is 20.6. The number of carbonyl (C=O) groups is 1. The Bertz CT molecular complexity index is 1160. The van der Waals surface area contributed by atoms with Crippen LogP contribution in [0.5, 0.6) is 0 Å². The molecule has 0 bridgehead atoms. The summed E-state index contributed by atoms with van der Waals surface area (Å²) in [6, 6.07) is 12.0. The number of amides is 1. The lowest BCUT2D eigenvalue weighted by Crippen LogP contribution is -2.38. The van der Waals surface area contributed by atoms with Gasteiger partial charge in [0.1, 0.15) is 0 Å². The van der Waals surface area contributed by atoms with E-state index in [0.29, 0.717) is 42.0 Å². The highest BCUT2D eigenvalue weighted by Gasteiger charge is 2.56. The van der Waals surface area contributed by atoms with E-state index in [9.17, 15) is 18.0 Å². The molecule has 3 nitrogen and oxygen atoms in total. The summed E-state index contributed by atoms with van der Waals surface area (Å²) < 4.78 is 39.5. The second kappa shape index (κ2) is 9.35. The molecular formula is C30H33F3N2O. The number of hydrogen-bond acceptors (Lipinski definition) is 2. The minimum absolute atomic E-state index is 0.0434. The summed E-state index contributed by atoms with van der Waals surface area (Å²) in [5.41, 5.74) is 5.20. The third-order valence-electron chi connectivity index (χ3n) is 9.15. The van der Waals surface area contributed by atoms with Crippen molar-refractivity contribution in [2.45, 2.75) is 76.4 Å². The zero-order valence-electron chi connectivity index (χ0n) is 20.6. The van der Waals surface area contributed by atoms with Gasteiger partial charge in [-0.15, -0.1) is 0 Å². The lowest BCUT2D eigenvalue weighted by molar-refractivity contribution is -0.137. The Morgan fingerprint density at radius 1 is 0.944 bits per heavy atom. The van der Waals surface area contributed by atoms with E-state index in [1.54, 1.807) is 16.0 Å². The Balaban J connectivity index is 1.11. The van der Waals surface area contributed by atoms with Crippen LogP contribution in [0.4, 0.5) is 13.2 Å². The molecule has 0 saturated heterocycles. The van der Waals surface area contributed by atoms with Crippen LogP contribution in [0.25, 0.3) is 0 Å². The van der Waals surface area contributed by atoms with E-state index in [0.717, 1.165) is 25.5 Å². The molecule has 3 atom stereocenters. The monoisotopic (exact) mass is 494 g/mol. The maximum absolute atomic E-state index is 13.5. The molecule has 1 amide bonds. The van der Waals surface area contributed by atoms with Crippen molar-refractivity contribution in [3.8, 4) is 0 Å². The molecule has 1 aliphatic heterocycles. The van der Waals surface area contributed by atoms with Crippen molar-refractivity contribution in [3.05, 3.63) is 76.1 Å². The first-order valence-electron chi connectivity index (χ1n) is 13.5. The average Bonchev–Trinajstić information content (AvgIpc) is 3.62. The zero-order chi connectivity index (χ0) is 24.9. The second-order valence-electron chi connectivity index (χ2n) is 11.2. The minimum Gasteiger partial charge on any atom is -0.338 e. The lowest BCUT2D eigenvalue weighted by Gasteiger charge is -2.29. The van der Waals surface area contributed by atoms with Crippen LogP contribution in [0.3, 0.4) is 0 Å². The molecule has 36 heavy (non-hydrogen) atoms. The number of hydrogen-bond donors (Lipinski definition) is 0. The van der Waals surface area contributed by atoms with Gasteiger partial charge in [-0.2, -0.15) is 13.2 Å². The fraction of sp³-hybridized carbons (Fsp3) is 0.533. The quantitative estimate of drug-likeness (QED) is 0.418. The number of benzene rings is 1. The third kappa shape index (κ3) is 4.59. The summed E-state index contributed by atoms with van der Waals surface area (Å²) in [6.07, 6.45) is 6.23. The molecule has 0 unspecified atom stereocenters. The molecule has 0 radical (unpaired) electrons. The number of fused-ring (bicyclic) bond motifs is 2. The molecule has 1 aromatic carbocycles. The van der Waals surface area contributed by atoms with Crippen LogP contribution in [0, 0.1) is 17.8 Å². The Labute approximate surface area is 210 Å². The van der Waals surface area contributed by atoms with Gasteiger partial charge in [-0.25, -0.2) is 0 Å². The van der Waals surface area contributed by atoms with Gasteiger partial charge in [0, 0.05) is 37.3 Å². The van der Waals surface area contributed by atoms with Crippen LogP contribution in [0.1, 0.15) is 79.7 Å². The van der Waals surface area contributed by atoms with Gasteiger partial charge >= 0.3 is 6.18 Å². The van der Waals surface area contributed by atoms with E-state index in [1.165, 1.54) is 43.7 Å². The van der Waals surface area contributed by atoms with Gasteiger partial charge in [-0.3, -0.25) is 9.78 Å². The normalized spacial score (nSPS) is 28.2. The summed E-state index contributed by atoms with van der Waals surface area (Å²) in [5.74, 6) is 1.69. The molecule has 3 fully saturated rings. The minimum atomic E-state index is -4.41. The molecule has 0 spiro atoms. The molecular weight excluding hydrogens is 461 g/mol. The molecule has 3 aliphatic carbocycles. The summed E-state index contributed by atoms with van der Waals surface area (Å²) in [4.78, 5) is 19.3. The Morgan fingerprint density at radius 2 is 1.72 bits per heavy atom. The number of pyridine rings is 1. The highest BCUT2D eigenvalue weighted by molar-refractivity contribution is 5.82. The van der Waals surface area contributed by atoms with E-state index >= 15 is 0 Å². The summed E-state index contributed by atoms with van der Waals surface area (Å²) in [7, 11) is 0. The van der Waals surface area contributed by atoms with Crippen molar-refractivity contribution >= 4 is 5.91 Å². The maximum Gasteiger partial charge on any atom is 0.417 e. The van der Waals surface area contributed by atoms with E-state index in [4.69, 9.17) is 0 Å². The van der Waals surface area contributed by atoms with E-state index in [1.807, 2.05) is 0 Å². The molecule has 4 aliphatic rings. The van der Waals surface area contributed by atoms with Gasteiger partial charge < -0.3 is 4.90 Å². The first-order chi connectivity index (χ1) is 17.4. The number of aromatic nitrogens is 1. The molecule has 3 saturated carbocycles. The second-order valence-corrected chi connectivity index (χ2v) is 11.2. The van der Waals surface area contributed by atoms with Crippen molar-refractivity contribution in [1.29, 1.82) is 0 Å². The molecule has 190 valence electrons. The first-order valence-corrected chi connectivity index (χ1v) is 13.5. The summed E-state index contributed by atoms with van der Waals surface area (Å²) >= 11 is 0. The third-order valence-corrected chi connectivity index (χ3v) is 9.15. The van der Waals surface area contributed by atoms with Crippen LogP contribution >= 0.6 is 0 Å². The Kier molecular flexibility index (Phi) is 6.17. The number of rotatable bonds is 2. The fourth-order valence-corrected chi connectivity index (χ4v) is 7.10. The van der Waals surface area contributed by atoms with E-state index < -0.39 is 11.7 Å². The van der Waals surface area contributed by atoms with Crippen molar-refractivity contribution < 1.29 is 18.0 Å². The number of halogens is 3. The van der Waals surface area contributed by atoms with Crippen molar-refractivity contribution in [1.82, 2.24) is 9.88 Å². The van der Waals surface area contributed by atoms with E-state index in [2.05, 4.69) is 35.3 Å². The smallest absolute Gasteiger partial charge is 0.338 e. The number of allylic oxidation sites excluding steroid dienone is 2. The van der Waals surface area contributed by atoms with Gasteiger partial charge in [-0.1, -0.05) is 41.5 Å². The predicted molar refractivity (Wildman–Crippen MR) is 132 cm³/mol.